The van der Waals surface area contributed by atoms with Crippen LogP contribution in [0.2, 0.25) is 5.02 Å². The van der Waals surface area contributed by atoms with Crippen LogP contribution in [0.25, 0.3) is 16.9 Å². The summed E-state index contributed by atoms with van der Waals surface area (Å²) in [6, 6.07) is 14.4. The maximum Gasteiger partial charge on any atom is 0.328 e. The van der Waals surface area contributed by atoms with Gasteiger partial charge >= 0.3 is 5.69 Å². The van der Waals surface area contributed by atoms with Crippen LogP contribution in [0.4, 0.5) is 0 Å². The van der Waals surface area contributed by atoms with Crippen molar-refractivity contribution >= 4 is 17.2 Å². The molecule has 0 aliphatic carbocycles. The molecular formula is C18H13ClN4O2. The fraction of sp³-hybridized carbons (Fsp3) is 0.0556. The fourth-order valence-electron chi connectivity index (χ4n) is 2.77. The molecule has 0 atom stereocenters. The first-order chi connectivity index (χ1) is 12.1. The predicted octanol–water partition coefficient (Wildman–Crippen LogP) is 2.55. The summed E-state index contributed by atoms with van der Waals surface area (Å²) in [5.74, 6) is 0. The van der Waals surface area contributed by atoms with Crippen LogP contribution in [0.15, 0.2) is 70.5 Å². The zero-order valence-electron chi connectivity index (χ0n) is 13.0. The minimum absolute atomic E-state index is 0.277. The molecule has 0 saturated carbocycles. The summed E-state index contributed by atoms with van der Waals surface area (Å²) in [7, 11) is 0. The molecule has 0 fully saturated rings. The van der Waals surface area contributed by atoms with E-state index in [2.05, 4.69) is 9.97 Å². The van der Waals surface area contributed by atoms with Crippen LogP contribution in [-0.4, -0.2) is 18.9 Å². The number of rotatable bonds is 3. The van der Waals surface area contributed by atoms with Gasteiger partial charge in [-0.1, -0.05) is 29.8 Å². The van der Waals surface area contributed by atoms with Gasteiger partial charge in [0.05, 0.1) is 17.9 Å². The van der Waals surface area contributed by atoms with Gasteiger partial charge in [0, 0.05) is 29.0 Å². The topological polar surface area (TPSA) is 72.2 Å². The number of nitrogens with one attached hydrogen (secondary N) is 1. The lowest BCUT2D eigenvalue weighted by Gasteiger charge is -2.08. The van der Waals surface area contributed by atoms with Crippen molar-refractivity contribution in [2.75, 3.05) is 0 Å². The zero-order chi connectivity index (χ0) is 17.4. The maximum atomic E-state index is 12.1. The standard InChI is InChI=1S/C18H13ClN4O2/c19-13-6-4-12(5-7-13)17-14(23-9-2-1-3-15(23)20-17)11-22-10-8-16(24)21-18(22)25/h1-10H,11H2,(H,21,24,25). The summed E-state index contributed by atoms with van der Waals surface area (Å²) in [4.78, 5) is 30.3. The molecule has 25 heavy (non-hydrogen) atoms. The Kier molecular flexibility index (Phi) is 3.74. The molecule has 0 unspecified atom stereocenters. The summed E-state index contributed by atoms with van der Waals surface area (Å²) in [6.07, 6.45) is 3.38. The Hall–Kier alpha value is -3.12. The van der Waals surface area contributed by atoms with E-state index < -0.39 is 11.2 Å². The molecular weight excluding hydrogens is 340 g/mol. The van der Waals surface area contributed by atoms with E-state index in [0.717, 1.165) is 22.6 Å². The molecule has 3 heterocycles. The van der Waals surface area contributed by atoms with Gasteiger partial charge in [0.15, 0.2) is 0 Å². The smallest absolute Gasteiger partial charge is 0.302 e. The first-order valence-electron chi connectivity index (χ1n) is 7.63. The van der Waals surface area contributed by atoms with Crippen molar-refractivity contribution in [3.05, 3.63) is 92.5 Å². The molecule has 0 bridgehead atoms. The number of nitrogens with zero attached hydrogens (tertiary/aromatic N) is 3. The highest BCUT2D eigenvalue weighted by Crippen LogP contribution is 2.26. The average Bonchev–Trinajstić information content (AvgIpc) is 2.97. The lowest BCUT2D eigenvalue weighted by Crippen LogP contribution is -2.29. The molecule has 1 aromatic carbocycles. The van der Waals surface area contributed by atoms with Gasteiger partial charge in [-0.2, -0.15) is 0 Å². The lowest BCUT2D eigenvalue weighted by atomic mass is 10.1. The molecule has 0 saturated heterocycles. The van der Waals surface area contributed by atoms with Gasteiger partial charge in [-0.05, 0) is 24.3 Å². The molecule has 4 rings (SSSR count). The molecule has 7 heteroatoms. The number of benzene rings is 1. The third-order valence-corrected chi connectivity index (χ3v) is 4.22. The van der Waals surface area contributed by atoms with Crippen molar-refractivity contribution in [3.63, 3.8) is 0 Å². The Morgan fingerprint density at radius 3 is 2.56 bits per heavy atom. The van der Waals surface area contributed by atoms with E-state index in [1.54, 1.807) is 12.1 Å². The number of imidazole rings is 1. The van der Waals surface area contributed by atoms with Crippen LogP contribution in [0.3, 0.4) is 0 Å². The number of halogens is 1. The highest BCUT2D eigenvalue weighted by atomic mass is 35.5. The molecule has 0 aliphatic rings. The molecule has 0 aliphatic heterocycles. The first kappa shape index (κ1) is 15.4. The van der Waals surface area contributed by atoms with E-state index >= 15 is 0 Å². The van der Waals surface area contributed by atoms with Gasteiger partial charge in [0.2, 0.25) is 0 Å². The van der Waals surface area contributed by atoms with Gasteiger partial charge in [0.1, 0.15) is 5.65 Å². The maximum absolute atomic E-state index is 12.1. The van der Waals surface area contributed by atoms with E-state index in [9.17, 15) is 9.59 Å². The van der Waals surface area contributed by atoms with E-state index in [4.69, 9.17) is 11.6 Å². The fourth-order valence-corrected chi connectivity index (χ4v) is 2.89. The van der Waals surface area contributed by atoms with Gasteiger partial charge in [-0.3, -0.25) is 14.3 Å². The summed E-state index contributed by atoms with van der Waals surface area (Å²) in [5.41, 5.74) is 2.41. The Morgan fingerprint density at radius 1 is 1.00 bits per heavy atom. The second kappa shape index (κ2) is 6.07. The normalized spacial score (nSPS) is 11.1. The Morgan fingerprint density at radius 2 is 1.80 bits per heavy atom. The monoisotopic (exact) mass is 352 g/mol. The lowest BCUT2D eigenvalue weighted by molar-refractivity contribution is 0.701. The van der Waals surface area contributed by atoms with Crippen molar-refractivity contribution in [3.8, 4) is 11.3 Å². The Bertz CT molecular complexity index is 1170. The summed E-state index contributed by atoms with van der Waals surface area (Å²) >= 11 is 5.98. The summed E-state index contributed by atoms with van der Waals surface area (Å²) < 4.78 is 3.37. The van der Waals surface area contributed by atoms with Crippen LogP contribution in [0.5, 0.6) is 0 Å². The number of H-pyrrole nitrogens is 1. The van der Waals surface area contributed by atoms with E-state index in [0.29, 0.717) is 5.02 Å². The number of pyridine rings is 1. The highest BCUT2D eigenvalue weighted by Gasteiger charge is 2.15. The minimum atomic E-state index is -0.458. The SMILES string of the molecule is O=c1ccn(Cc2c(-c3ccc(Cl)cc3)nc3ccccn23)c(=O)[nH]1. The number of hydrogen-bond acceptors (Lipinski definition) is 3. The quantitative estimate of drug-likeness (QED) is 0.616. The van der Waals surface area contributed by atoms with E-state index in [-0.39, 0.29) is 6.54 Å². The molecule has 0 amide bonds. The zero-order valence-corrected chi connectivity index (χ0v) is 13.8. The van der Waals surface area contributed by atoms with Crippen molar-refractivity contribution in [1.29, 1.82) is 0 Å². The second-order valence-electron chi connectivity index (χ2n) is 5.58. The second-order valence-corrected chi connectivity index (χ2v) is 6.02. The van der Waals surface area contributed by atoms with Crippen molar-refractivity contribution in [1.82, 2.24) is 18.9 Å². The summed E-state index contributed by atoms with van der Waals surface area (Å²) in [5, 5.41) is 0.644. The summed E-state index contributed by atoms with van der Waals surface area (Å²) in [6.45, 7) is 0.277. The van der Waals surface area contributed by atoms with Crippen LogP contribution in [0.1, 0.15) is 5.69 Å². The minimum Gasteiger partial charge on any atom is -0.302 e. The number of aromatic amines is 1. The number of fused-ring (bicyclic) bond motifs is 1. The number of aromatic nitrogens is 4. The Balaban J connectivity index is 1.91. The molecule has 4 aromatic rings. The number of hydrogen-bond donors (Lipinski definition) is 1. The third kappa shape index (κ3) is 2.88. The Labute approximate surface area is 147 Å². The molecule has 1 N–H and O–H groups in total. The highest BCUT2D eigenvalue weighted by molar-refractivity contribution is 6.30. The third-order valence-electron chi connectivity index (χ3n) is 3.96. The molecule has 0 spiro atoms. The molecule has 0 radical (unpaired) electrons. The van der Waals surface area contributed by atoms with Crippen molar-refractivity contribution in [2.24, 2.45) is 0 Å². The van der Waals surface area contributed by atoms with Gasteiger partial charge < -0.3 is 4.40 Å². The van der Waals surface area contributed by atoms with Gasteiger partial charge in [-0.15, -0.1) is 0 Å². The van der Waals surface area contributed by atoms with E-state index in [1.165, 1.54) is 16.8 Å². The van der Waals surface area contributed by atoms with Crippen molar-refractivity contribution < 1.29 is 0 Å². The van der Waals surface area contributed by atoms with E-state index in [1.807, 2.05) is 40.9 Å². The van der Waals surface area contributed by atoms with Crippen LogP contribution in [0, 0.1) is 0 Å². The predicted molar refractivity (Wildman–Crippen MR) is 96.1 cm³/mol. The van der Waals surface area contributed by atoms with Gasteiger partial charge in [0.25, 0.3) is 5.56 Å². The largest absolute Gasteiger partial charge is 0.328 e. The molecule has 6 nitrogen and oxygen atoms in total. The van der Waals surface area contributed by atoms with Crippen LogP contribution in [-0.2, 0) is 6.54 Å². The molecule has 124 valence electrons. The molecule has 3 aromatic heterocycles. The van der Waals surface area contributed by atoms with Gasteiger partial charge in [-0.25, -0.2) is 9.78 Å². The van der Waals surface area contributed by atoms with Crippen LogP contribution >= 0.6 is 11.6 Å². The first-order valence-corrected chi connectivity index (χ1v) is 8.01. The van der Waals surface area contributed by atoms with Crippen LogP contribution < -0.4 is 11.2 Å². The van der Waals surface area contributed by atoms with Crippen molar-refractivity contribution in [2.45, 2.75) is 6.54 Å². The average molecular weight is 353 g/mol.